The minimum Gasteiger partial charge on any atom is -0.398 e. The molecule has 4 heteroatoms. The van der Waals surface area contributed by atoms with Gasteiger partial charge in [0.1, 0.15) is 0 Å². The number of amides is 1. The Balaban J connectivity index is 1.84. The topological polar surface area (TPSA) is 55.1 Å². The van der Waals surface area contributed by atoms with E-state index in [2.05, 4.69) is 39.4 Å². The molecule has 3 nitrogen and oxygen atoms in total. The third-order valence-electron chi connectivity index (χ3n) is 3.93. The van der Waals surface area contributed by atoms with Crippen molar-refractivity contribution in [1.29, 1.82) is 0 Å². The molecule has 0 bridgehead atoms. The highest BCUT2D eigenvalue weighted by atomic mass is 79.9. The van der Waals surface area contributed by atoms with Crippen LogP contribution in [0.1, 0.15) is 40.4 Å². The fraction of sp³-hybridized carbons (Fsp3) is 0.235. The van der Waals surface area contributed by atoms with Crippen molar-refractivity contribution >= 4 is 27.5 Å². The second kappa shape index (κ2) is 5.90. The van der Waals surface area contributed by atoms with Gasteiger partial charge in [0, 0.05) is 10.2 Å². The highest BCUT2D eigenvalue weighted by Crippen LogP contribution is 2.30. The molecule has 2 aromatic carbocycles. The quantitative estimate of drug-likeness (QED) is 0.813. The summed E-state index contributed by atoms with van der Waals surface area (Å²) in [5, 5.41) is 3.12. The molecular weight excluding hydrogens is 328 g/mol. The van der Waals surface area contributed by atoms with E-state index in [-0.39, 0.29) is 11.9 Å². The van der Waals surface area contributed by atoms with Crippen LogP contribution < -0.4 is 11.1 Å². The fourth-order valence-electron chi connectivity index (χ4n) is 2.87. The van der Waals surface area contributed by atoms with Gasteiger partial charge in [-0.3, -0.25) is 4.79 Å². The SMILES string of the molecule is Nc1ccc(Br)cc1C(=O)NC1CCCc2ccccc21. The van der Waals surface area contributed by atoms with E-state index in [1.54, 1.807) is 12.1 Å². The summed E-state index contributed by atoms with van der Waals surface area (Å²) in [5.41, 5.74) is 9.49. The Morgan fingerprint density at radius 1 is 1.24 bits per heavy atom. The first kappa shape index (κ1) is 14.1. The van der Waals surface area contributed by atoms with Gasteiger partial charge in [-0.15, -0.1) is 0 Å². The third-order valence-corrected chi connectivity index (χ3v) is 4.43. The molecule has 21 heavy (non-hydrogen) atoms. The lowest BCUT2D eigenvalue weighted by Crippen LogP contribution is -2.31. The highest BCUT2D eigenvalue weighted by Gasteiger charge is 2.22. The van der Waals surface area contributed by atoms with Crippen molar-refractivity contribution in [3.05, 3.63) is 63.6 Å². The third kappa shape index (κ3) is 2.95. The molecule has 0 spiro atoms. The van der Waals surface area contributed by atoms with Gasteiger partial charge in [-0.2, -0.15) is 0 Å². The molecule has 1 amide bonds. The summed E-state index contributed by atoms with van der Waals surface area (Å²) in [6.07, 6.45) is 3.15. The van der Waals surface area contributed by atoms with Gasteiger partial charge in [-0.1, -0.05) is 40.2 Å². The second-order valence-corrected chi connectivity index (χ2v) is 6.26. The molecule has 3 N–H and O–H groups in total. The van der Waals surface area contributed by atoms with Crippen LogP contribution in [-0.4, -0.2) is 5.91 Å². The van der Waals surface area contributed by atoms with Gasteiger partial charge in [0.15, 0.2) is 0 Å². The number of nitrogens with two attached hydrogens (primary N) is 1. The van der Waals surface area contributed by atoms with Crippen LogP contribution in [0.4, 0.5) is 5.69 Å². The van der Waals surface area contributed by atoms with Gasteiger partial charge in [0.2, 0.25) is 0 Å². The van der Waals surface area contributed by atoms with Gasteiger partial charge >= 0.3 is 0 Å². The summed E-state index contributed by atoms with van der Waals surface area (Å²) in [5.74, 6) is -0.115. The zero-order valence-corrected chi connectivity index (χ0v) is 13.2. The predicted molar refractivity (Wildman–Crippen MR) is 88.1 cm³/mol. The molecule has 0 radical (unpaired) electrons. The van der Waals surface area contributed by atoms with E-state index in [1.165, 1.54) is 11.1 Å². The van der Waals surface area contributed by atoms with Crippen molar-refractivity contribution in [3.63, 3.8) is 0 Å². The van der Waals surface area contributed by atoms with Gasteiger partial charge in [-0.25, -0.2) is 0 Å². The monoisotopic (exact) mass is 344 g/mol. The number of hydrogen-bond acceptors (Lipinski definition) is 2. The van der Waals surface area contributed by atoms with Crippen LogP contribution in [-0.2, 0) is 6.42 Å². The van der Waals surface area contributed by atoms with E-state index < -0.39 is 0 Å². The van der Waals surface area contributed by atoms with E-state index >= 15 is 0 Å². The second-order valence-electron chi connectivity index (χ2n) is 5.35. The van der Waals surface area contributed by atoms with Gasteiger partial charge < -0.3 is 11.1 Å². The Morgan fingerprint density at radius 3 is 2.90 bits per heavy atom. The van der Waals surface area contributed by atoms with Crippen LogP contribution in [0.15, 0.2) is 46.9 Å². The largest absolute Gasteiger partial charge is 0.398 e. The molecule has 0 heterocycles. The number of hydrogen-bond donors (Lipinski definition) is 2. The Bertz CT molecular complexity index is 684. The number of rotatable bonds is 2. The zero-order valence-electron chi connectivity index (χ0n) is 11.6. The smallest absolute Gasteiger partial charge is 0.253 e. The van der Waals surface area contributed by atoms with E-state index in [0.29, 0.717) is 11.3 Å². The molecule has 3 rings (SSSR count). The van der Waals surface area contributed by atoms with Crippen molar-refractivity contribution in [2.45, 2.75) is 25.3 Å². The van der Waals surface area contributed by atoms with Crippen LogP contribution >= 0.6 is 15.9 Å². The van der Waals surface area contributed by atoms with E-state index in [0.717, 1.165) is 23.7 Å². The maximum atomic E-state index is 12.5. The summed E-state index contributed by atoms with van der Waals surface area (Å²) in [7, 11) is 0. The maximum absolute atomic E-state index is 12.5. The number of anilines is 1. The fourth-order valence-corrected chi connectivity index (χ4v) is 3.23. The van der Waals surface area contributed by atoms with Crippen molar-refractivity contribution < 1.29 is 4.79 Å². The number of halogens is 1. The average molecular weight is 345 g/mol. The molecule has 108 valence electrons. The van der Waals surface area contributed by atoms with E-state index in [9.17, 15) is 4.79 Å². The van der Waals surface area contributed by atoms with Crippen molar-refractivity contribution in [1.82, 2.24) is 5.32 Å². The Hall–Kier alpha value is -1.81. The summed E-state index contributed by atoms with van der Waals surface area (Å²) < 4.78 is 0.853. The lowest BCUT2D eigenvalue weighted by molar-refractivity contribution is 0.0933. The Morgan fingerprint density at radius 2 is 2.05 bits per heavy atom. The van der Waals surface area contributed by atoms with Crippen molar-refractivity contribution in [3.8, 4) is 0 Å². The predicted octanol–water partition coefficient (Wildman–Crippen LogP) is 3.84. The highest BCUT2D eigenvalue weighted by molar-refractivity contribution is 9.10. The minimum absolute atomic E-state index is 0.0702. The van der Waals surface area contributed by atoms with Gasteiger partial charge in [-0.05, 0) is 48.6 Å². The van der Waals surface area contributed by atoms with E-state index in [1.807, 2.05) is 12.1 Å². The number of nitrogens with one attached hydrogen (secondary N) is 1. The summed E-state index contributed by atoms with van der Waals surface area (Å²) in [6, 6.07) is 13.7. The average Bonchev–Trinajstić information content (AvgIpc) is 2.50. The van der Waals surface area contributed by atoms with Crippen LogP contribution in [0.25, 0.3) is 0 Å². The van der Waals surface area contributed by atoms with Crippen molar-refractivity contribution in [2.24, 2.45) is 0 Å². The van der Waals surface area contributed by atoms with E-state index in [4.69, 9.17) is 5.73 Å². The van der Waals surface area contributed by atoms with Crippen LogP contribution in [0, 0.1) is 0 Å². The summed E-state index contributed by atoms with van der Waals surface area (Å²) in [6.45, 7) is 0. The molecule has 0 saturated heterocycles. The van der Waals surface area contributed by atoms with Gasteiger partial charge in [0.25, 0.3) is 5.91 Å². The van der Waals surface area contributed by atoms with Crippen LogP contribution in [0.2, 0.25) is 0 Å². The summed E-state index contributed by atoms with van der Waals surface area (Å²) in [4.78, 5) is 12.5. The molecular formula is C17H17BrN2O. The number of nitrogen functional groups attached to an aromatic ring is 1. The molecule has 1 aliphatic carbocycles. The molecule has 2 aromatic rings. The summed E-state index contributed by atoms with van der Waals surface area (Å²) >= 11 is 3.38. The van der Waals surface area contributed by atoms with Crippen molar-refractivity contribution in [2.75, 3.05) is 5.73 Å². The molecule has 0 fully saturated rings. The molecule has 0 aromatic heterocycles. The normalized spacial score (nSPS) is 17.1. The Kier molecular flexibility index (Phi) is 3.97. The molecule has 1 atom stereocenters. The first-order chi connectivity index (χ1) is 10.1. The lowest BCUT2D eigenvalue weighted by atomic mass is 9.87. The minimum atomic E-state index is -0.115. The number of benzene rings is 2. The number of carbonyl (C=O) groups excluding carboxylic acids is 1. The first-order valence-corrected chi connectivity index (χ1v) is 7.88. The molecule has 0 saturated carbocycles. The van der Waals surface area contributed by atoms with Crippen LogP contribution in [0.3, 0.4) is 0 Å². The number of fused-ring (bicyclic) bond motifs is 1. The van der Waals surface area contributed by atoms with Crippen LogP contribution in [0.5, 0.6) is 0 Å². The number of aryl methyl sites for hydroxylation is 1. The lowest BCUT2D eigenvalue weighted by Gasteiger charge is -2.26. The zero-order chi connectivity index (χ0) is 14.8. The standard InChI is InChI=1S/C17H17BrN2O/c18-12-8-9-15(19)14(10-12)17(21)20-16-7-3-5-11-4-1-2-6-13(11)16/h1-2,4,6,8-10,16H,3,5,7,19H2,(H,20,21). The molecule has 0 aliphatic heterocycles. The van der Waals surface area contributed by atoms with Gasteiger partial charge in [0.05, 0.1) is 11.6 Å². The first-order valence-electron chi connectivity index (χ1n) is 7.09. The number of carbonyl (C=O) groups is 1. The Labute approximate surface area is 132 Å². The maximum Gasteiger partial charge on any atom is 0.253 e. The molecule has 1 aliphatic rings. The molecule has 1 unspecified atom stereocenters.